The molecule has 0 bridgehead atoms. The molecule has 0 radical (unpaired) electrons. The summed E-state index contributed by atoms with van der Waals surface area (Å²) in [4.78, 5) is 12.1. The van der Waals surface area contributed by atoms with Crippen LogP contribution in [0.1, 0.15) is 54.4 Å². The highest BCUT2D eigenvalue weighted by molar-refractivity contribution is 6.74. The van der Waals surface area contributed by atoms with E-state index in [1.165, 1.54) is 0 Å². The standard InChI is InChI=1S/C19H38O3Si2/c1-18(2,3)23(7,8)21-16-12-11-15(20)13-17(14-16)22-24(9,10)19(4,5)6/h11-12,16-17H,13-14H2,1-10H3/t16-,17+/m1/s1. The van der Waals surface area contributed by atoms with E-state index < -0.39 is 16.6 Å². The molecule has 5 heteroatoms. The summed E-state index contributed by atoms with van der Waals surface area (Å²) in [5.74, 6) is 0.153. The highest BCUT2D eigenvalue weighted by atomic mass is 28.4. The summed E-state index contributed by atoms with van der Waals surface area (Å²) >= 11 is 0. The molecule has 1 aliphatic rings. The molecule has 0 fully saturated rings. The van der Waals surface area contributed by atoms with Gasteiger partial charge in [-0.25, -0.2) is 0 Å². The van der Waals surface area contributed by atoms with Crippen molar-refractivity contribution in [2.45, 2.75) is 103 Å². The van der Waals surface area contributed by atoms with Gasteiger partial charge in [0.1, 0.15) is 0 Å². The molecule has 1 rings (SSSR count). The molecule has 140 valence electrons. The Labute approximate surface area is 151 Å². The summed E-state index contributed by atoms with van der Waals surface area (Å²) in [6.07, 6.45) is 4.85. The number of carbonyl (C=O) groups excluding carboxylic acids is 1. The fourth-order valence-electron chi connectivity index (χ4n) is 2.25. The fourth-order valence-corrected chi connectivity index (χ4v) is 4.91. The third kappa shape index (κ3) is 5.65. The van der Waals surface area contributed by atoms with Gasteiger partial charge < -0.3 is 8.85 Å². The Kier molecular flexibility index (Phi) is 6.52. The molecule has 0 N–H and O–H groups in total. The molecule has 1 aliphatic carbocycles. The maximum atomic E-state index is 12.1. The lowest BCUT2D eigenvalue weighted by Gasteiger charge is -2.41. The van der Waals surface area contributed by atoms with Crippen molar-refractivity contribution in [3.8, 4) is 0 Å². The van der Waals surface area contributed by atoms with Gasteiger partial charge in [-0.05, 0) is 42.3 Å². The average molecular weight is 371 g/mol. The van der Waals surface area contributed by atoms with Crippen LogP contribution in [0.25, 0.3) is 0 Å². The predicted molar refractivity (Wildman–Crippen MR) is 108 cm³/mol. The maximum Gasteiger partial charge on any atom is 0.192 e. The summed E-state index contributed by atoms with van der Waals surface area (Å²) < 4.78 is 13.1. The van der Waals surface area contributed by atoms with Gasteiger partial charge in [-0.15, -0.1) is 0 Å². The van der Waals surface area contributed by atoms with Crippen LogP contribution in [0.15, 0.2) is 12.2 Å². The lowest BCUT2D eigenvalue weighted by atomic mass is 10.1. The topological polar surface area (TPSA) is 35.5 Å². The van der Waals surface area contributed by atoms with Crippen LogP contribution < -0.4 is 0 Å². The second-order valence-corrected chi connectivity index (χ2v) is 19.7. The summed E-state index contributed by atoms with van der Waals surface area (Å²) in [6.45, 7) is 22.5. The largest absolute Gasteiger partial charge is 0.413 e. The Balaban J connectivity index is 2.91. The first kappa shape index (κ1) is 21.8. The zero-order chi connectivity index (χ0) is 19.0. The first-order valence-electron chi connectivity index (χ1n) is 9.12. The molecule has 2 atom stereocenters. The fraction of sp³-hybridized carbons (Fsp3) is 0.842. The average Bonchev–Trinajstić information content (AvgIpc) is 2.47. The Morgan fingerprint density at radius 3 is 1.83 bits per heavy atom. The summed E-state index contributed by atoms with van der Waals surface area (Å²) in [5.41, 5.74) is 0. The quantitative estimate of drug-likeness (QED) is 0.597. The Hall–Kier alpha value is -0.236. The van der Waals surface area contributed by atoms with Gasteiger partial charge in [0.2, 0.25) is 0 Å². The van der Waals surface area contributed by atoms with Gasteiger partial charge in [-0.2, -0.15) is 0 Å². The number of hydrogen-bond acceptors (Lipinski definition) is 3. The van der Waals surface area contributed by atoms with Gasteiger partial charge in [-0.3, -0.25) is 4.79 Å². The Morgan fingerprint density at radius 1 is 0.917 bits per heavy atom. The van der Waals surface area contributed by atoms with Crippen molar-refractivity contribution in [3.63, 3.8) is 0 Å². The van der Waals surface area contributed by atoms with E-state index in [9.17, 15) is 4.79 Å². The van der Waals surface area contributed by atoms with Crippen LogP contribution in [0.3, 0.4) is 0 Å². The second kappa shape index (κ2) is 7.18. The molecule has 0 aromatic carbocycles. The molecule has 3 nitrogen and oxygen atoms in total. The highest BCUT2D eigenvalue weighted by Crippen LogP contribution is 2.40. The molecular formula is C19H38O3Si2. The van der Waals surface area contributed by atoms with Crippen molar-refractivity contribution in [2.75, 3.05) is 0 Å². The van der Waals surface area contributed by atoms with Crippen molar-refractivity contribution in [2.24, 2.45) is 0 Å². The van der Waals surface area contributed by atoms with Crippen molar-refractivity contribution in [1.29, 1.82) is 0 Å². The number of hydrogen-bond donors (Lipinski definition) is 0. The molecule has 0 amide bonds. The Bertz CT molecular complexity index is 482. The molecule has 0 unspecified atom stereocenters. The van der Waals surface area contributed by atoms with Gasteiger partial charge in [0, 0.05) is 12.8 Å². The van der Waals surface area contributed by atoms with Crippen LogP contribution in [0, 0.1) is 0 Å². The second-order valence-electron chi connectivity index (χ2n) is 10.2. The third-order valence-electron chi connectivity index (χ3n) is 5.94. The van der Waals surface area contributed by atoms with Crippen molar-refractivity contribution in [3.05, 3.63) is 12.2 Å². The normalized spacial score (nSPS) is 24.2. The summed E-state index contributed by atoms with van der Waals surface area (Å²) in [5, 5.41) is 0.304. The van der Waals surface area contributed by atoms with E-state index in [2.05, 4.69) is 67.7 Å². The van der Waals surface area contributed by atoms with E-state index in [-0.39, 0.29) is 28.1 Å². The lowest BCUT2D eigenvalue weighted by molar-refractivity contribution is -0.116. The molecule has 0 spiro atoms. The van der Waals surface area contributed by atoms with E-state index in [4.69, 9.17) is 8.85 Å². The molecule has 0 saturated heterocycles. The smallest absolute Gasteiger partial charge is 0.192 e. The van der Waals surface area contributed by atoms with Crippen molar-refractivity contribution < 1.29 is 13.6 Å². The maximum absolute atomic E-state index is 12.1. The lowest BCUT2D eigenvalue weighted by Crippen LogP contribution is -2.46. The number of carbonyl (C=O) groups is 1. The highest BCUT2D eigenvalue weighted by Gasteiger charge is 2.42. The SMILES string of the molecule is CC(C)(C)[Si](C)(C)O[C@H]1CC(=O)C=C[C@@H](O[Si](C)(C)C(C)(C)C)C1. The number of rotatable bonds is 4. The zero-order valence-electron chi connectivity index (χ0n) is 17.4. The van der Waals surface area contributed by atoms with E-state index in [0.29, 0.717) is 6.42 Å². The zero-order valence-corrected chi connectivity index (χ0v) is 19.4. The minimum absolute atomic E-state index is 0.0212. The van der Waals surface area contributed by atoms with Crippen LogP contribution in [0.5, 0.6) is 0 Å². The van der Waals surface area contributed by atoms with Crippen LogP contribution in [-0.4, -0.2) is 34.6 Å². The first-order chi connectivity index (χ1) is 10.6. The number of ketones is 1. The van der Waals surface area contributed by atoms with E-state index in [0.717, 1.165) is 6.42 Å². The molecule has 24 heavy (non-hydrogen) atoms. The monoisotopic (exact) mass is 370 g/mol. The van der Waals surface area contributed by atoms with Crippen molar-refractivity contribution >= 4 is 22.4 Å². The summed E-state index contributed by atoms with van der Waals surface area (Å²) in [6, 6.07) is 0. The van der Waals surface area contributed by atoms with Gasteiger partial charge in [0.15, 0.2) is 22.4 Å². The molecule has 0 saturated carbocycles. The van der Waals surface area contributed by atoms with E-state index in [1.54, 1.807) is 6.08 Å². The van der Waals surface area contributed by atoms with Crippen molar-refractivity contribution in [1.82, 2.24) is 0 Å². The molecule has 0 aromatic rings. The van der Waals surface area contributed by atoms with Gasteiger partial charge in [0.25, 0.3) is 0 Å². The van der Waals surface area contributed by atoms with Crippen LogP contribution in [0.2, 0.25) is 36.3 Å². The van der Waals surface area contributed by atoms with Gasteiger partial charge >= 0.3 is 0 Å². The first-order valence-corrected chi connectivity index (χ1v) is 14.9. The predicted octanol–water partition coefficient (Wildman–Crippen LogP) is 5.69. The molecule has 0 aromatic heterocycles. The van der Waals surface area contributed by atoms with Crippen LogP contribution in [-0.2, 0) is 13.6 Å². The molecule has 0 aliphatic heterocycles. The minimum atomic E-state index is -1.89. The van der Waals surface area contributed by atoms with Gasteiger partial charge in [-0.1, -0.05) is 47.6 Å². The molecule has 0 heterocycles. The minimum Gasteiger partial charge on any atom is -0.413 e. The Morgan fingerprint density at radius 2 is 1.38 bits per heavy atom. The van der Waals surface area contributed by atoms with Crippen LogP contribution in [0.4, 0.5) is 0 Å². The van der Waals surface area contributed by atoms with Crippen LogP contribution >= 0.6 is 0 Å². The molecular weight excluding hydrogens is 332 g/mol. The summed E-state index contributed by atoms with van der Waals surface area (Å²) in [7, 11) is -3.76. The number of allylic oxidation sites excluding steroid dienone is 1. The van der Waals surface area contributed by atoms with E-state index in [1.807, 2.05) is 6.08 Å². The third-order valence-corrected chi connectivity index (χ3v) is 15.0. The van der Waals surface area contributed by atoms with E-state index >= 15 is 0 Å². The van der Waals surface area contributed by atoms with Gasteiger partial charge in [0.05, 0.1) is 12.2 Å².